The molecule has 61 heavy (non-hydrogen) atoms. The van der Waals surface area contributed by atoms with Gasteiger partial charge in [-0.1, -0.05) is 188 Å². The molecule has 2 heterocycles. The molecule has 0 radical (unpaired) electrons. The van der Waals surface area contributed by atoms with Crippen LogP contribution in [0.2, 0.25) is 0 Å². The standard InChI is InChI=1S/C57H36N4/c1-4-15-38(16-5-1)55-58-56(39-17-6-2-7-18-39)60-57(59-55)40-29-27-37(28-30-40)44-24-14-25-49-45-21-10-11-22-46(45)51-35-41(32-34-50(51)54(44)49)42-31-33-48-47-23-12-13-26-52(47)61(53(48)36-42)43-19-8-3-9-20-43/h1-36H. The molecule has 12 rings (SSSR count). The molecular formula is C57H36N4. The molecule has 12 aromatic rings. The fourth-order valence-electron chi connectivity index (χ4n) is 9.17. The molecule has 10 aromatic carbocycles. The average molecular weight is 777 g/mol. The van der Waals surface area contributed by atoms with E-state index >= 15 is 0 Å². The molecule has 0 saturated carbocycles. The van der Waals surface area contributed by atoms with Crippen molar-refractivity contribution in [2.75, 3.05) is 0 Å². The van der Waals surface area contributed by atoms with Crippen molar-refractivity contribution in [1.29, 1.82) is 0 Å². The Kier molecular flexibility index (Phi) is 8.13. The van der Waals surface area contributed by atoms with Crippen LogP contribution in [0.1, 0.15) is 0 Å². The molecule has 0 aliphatic heterocycles. The van der Waals surface area contributed by atoms with Gasteiger partial charge in [-0.2, -0.15) is 0 Å². The lowest BCUT2D eigenvalue weighted by Crippen LogP contribution is -2.00. The second-order valence-electron chi connectivity index (χ2n) is 15.6. The fourth-order valence-corrected chi connectivity index (χ4v) is 9.17. The number of hydrogen-bond donors (Lipinski definition) is 0. The van der Waals surface area contributed by atoms with Crippen LogP contribution in [0.4, 0.5) is 0 Å². The van der Waals surface area contributed by atoms with E-state index in [1.165, 1.54) is 70.8 Å². The van der Waals surface area contributed by atoms with Crippen molar-refractivity contribution in [2.45, 2.75) is 0 Å². The van der Waals surface area contributed by atoms with E-state index in [0.29, 0.717) is 17.5 Å². The van der Waals surface area contributed by atoms with Crippen LogP contribution in [-0.2, 0) is 0 Å². The summed E-state index contributed by atoms with van der Waals surface area (Å²) in [6, 6.07) is 77.8. The van der Waals surface area contributed by atoms with Gasteiger partial charge in [-0.25, -0.2) is 15.0 Å². The van der Waals surface area contributed by atoms with E-state index in [0.717, 1.165) is 27.9 Å². The maximum atomic E-state index is 4.98. The molecular weight excluding hydrogens is 741 g/mol. The third kappa shape index (κ3) is 5.88. The van der Waals surface area contributed by atoms with Gasteiger partial charge in [0, 0.05) is 33.2 Å². The summed E-state index contributed by atoms with van der Waals surface area (Å²) in [7, 11) is 0. The first kappa shape index (κ1) is 34.8. The minimum Gasteiger partial charge on any atom is -0.309 e. The summed E-state index contributed by atoms with van der Waals surface area (Å²) in [4.78, 5) is 14.9. The van der Waals surface area contributed by atoms with Crippen LogP contribution in [0.5, 0.6) is 0 Å². The molecule has 0 unspecified atom stereocenters. The molecule has 0 aliphatic rings. The molecule has 0 saturated heterocycles. The smallest absolute Gasteiger partial charge is 0.164 e. The van der Waals surface area contributed by atoms with Gasteiger partial charge in [-0.05, 0) is 84.9 Å². The Morgan fingerprint density at radius 3 is 1.36 bits per heavy atom. The Bertz CT molecular complexity index is 3560. The Morgan fingerprint density at radius 1 is 0.262 bits per heavy atom. The van der Waals surface area contributed by atoms with Crippen molar-refractivity contribution in [1.82, 2.24) is 19.5 Å². The van der Waals surface area contributed by atoms with E-state index in [9.17, 15) is 0 Å². The number of nitrogens with zero attached hydrogens (tertiary/aromatic N) is 4. The maximum Gasteiger partial charge on any atom is 0.164 e. The largest absolute Gasteiger partial charge is 0.309 e. The van der Waals surface area contributed by atoms with Gasteiger partial charge in [0.2, 0.25) is 0 Å². The monoisotopic (exact) mass is 776 g/mol. The first-order chi connectivity index (χ1) is 30.2. The summed E-state index contributed by atoms with van der Waals surface area (Å²) >= 11 is 0. The maximum absolute atomic E-state index is 4.98. The Balaban J connectivity index is 1.00. The number of fused-ring (bicyclic) bond motifs is 9. The van der Waals surface area contributed by atoms with E-state index in [4.69, 9.17) is 15.0 Å². The van der Waals surface area contributed by atoms with Gasteiger partial charge in [0.15, 0.2) is 17.5 Å². The van der Waals surface area contributed by atoms with Crippen LogP contribution in [0.3, 0.4) is 0 Å². The van der Waals surface area contributed by atoms with Gasteiger partial charge in [0.1, 0.15) is 0 Å². The van der Waals surface area contributed by atoms with Crippen molar-refractivity contribution in [3.05, 3.63) is 218 Å². The molecule has 4 nitrogen and oxygen atoms in total. The van der Waals surface area contributed by atoms with E-state index in [-0.39, 0.29) is 0 Å². The summed E-state index contributed by atoms with van der Waals surface area (Å²) < 4.78 is 2.39. The van der Waals surface area contributed by atoms with Crippen molar-refractivity contribution in [3.8, 4) is 62.1 Å². The molecule has 0 bridgehead atoms. The number of rotatable bonds is 6. The zero-order valence-corrected chi connectivity index (χ0v) is 33.1. The SMILES string of the molecule is c1ccc(-c2nc(-c3ccccc3)nc(-c3ccc(-c4cccc5c6ccccc6c6cc(-c7ccc8c9ccccc9n(-c9ccccc9)c8c7)ccc6c45)cc3)n2)cc1. The summed E-state index contributed by atoms with van der Waals surface area (Å²) in [5, 5.41) is 9.95. The minimum atomic E-state index is 0.642. The molecule has 284 valence electrons. The van der Waals surface area contributed by atoms with Crippen LogP contribution >= 0.6 is 0 Å². The number of hydrogen-bond acceptors (Lipinski definition) is 3. The highest BCUT2D eigenvalue weighted by atomic mass is 15.0. The first-order valence-corrected chi connectivity index (χ1v) is 20.7. The molecule has 4 heteroatoms. The molecule has 0 spiro atoms. The highest BCUT2D eigenvalue weighted by molar-refractivity contribution is 6.29. The topological polar surface area (TPSA) is 43.6 Å². The third-order valence-corrected chi connectivity index (χ3v) is 12.0. The lowest BCUT2D eigenvalue weighted by Gasteiger charge is -2.16. The number of aromatic nitrogens is 4. The lowest BCUT2D eigenvalue weighted by molar-refractivity contribution is 1.07. The predicted molar refractivity (Wildman–Crippen MR) is 254 cm³/mol. The molecule has 2 aromatic heterocycles. The normalized spacial score (nSPS) is 11.6. The molecule has 0 amide bonds. The van der Waals surface area contributed by atoms with Crippen LogP contribution in [0, 0.1) is 0 Å². The van der Waals surface area contributed by atoms with E-state index in [2.05, 4.69) is 162 Å². The summed E-state index contributed by atoms with van der Waals surface area (Å²) in [5.74, 6) is 1.95. The quantitative estimate of drug-likeness (QED) is 0.158. The Labute approximate surface area is 352 Å². The minimum absolute atomic E-state index is 0.642. The van der Waals surface area contributed by atoms with E-state index in [1.807, 2.05) is 60.7 Å². The summed E-state index contributed by atoms with van der Waals surface area (Å²) in [6.45, 7) is 0. The van der Waals surface area contributed by atoms with E-state index in [1.54, 1.807) is 0 Å². The molecule has 0 aliphatic carbocycles. The highest BCUT2D eigenvalue weighted by Gasteiger charge is 2.17. The zero-order chi connectivity index (χ0) is 40.3. The molecule has 0 fully saturated rings. The van der Waals surface area contributed by atoms with Crippen molar-refractivity contribution >= 4 is 54.1 Å². The van der Waals surface area contributed by atoms with Crippen molar-refractivity contribution < 1.29 is 0 Å². The molecule has 0 N–H and O–H groups in total. The zero-order valence-electron chi connectivity index (χ0n) is 33.1. The van der Waals surface area contributed by atoms with Gasteiger partial charge in [-0.15, -0.1) is 0 Å². The van der Waals surface area contributed by atoms with Crippen molar-refractivity contribution in [2.24, 2.45) is 0 Å². The van der Waals surface area contributed by atoms with Crippen LogP contribution in [0.25, 0.3) is 116 Å². The fraction of sp³-hybridized carbons (Fsp3) is 0. The van der Waals surface area contributed by atoms with Gasteiger partial charge in [-0.3, -0.25) is 0 Å². The second-order valence-corrected chi connectivity index (χ2v) is 15.6. The average Bonchev–Trinajstić information content (AvgIpc) is 3.68. The number of para-hydroxylation sites is 2. The van der Waals surface area contributed by atoms with Gasteiger partial charge in [0.25, 0.3) is 0 Å². The predicted octanol–water partition coefficient (Wildman–Crippen LogP) is 14.8. The van der Waals surface area contributed by atoms with Gasteiger partial charge >= 0.3 is 0 Å². The Morgan fingerprint density at radius 2 is 0.705 bits per heavy atom. The summed E-state index contributed by atoms with van der Waals surface area (Å²) in [5.41, 5.74) is 11.1. The van der Waals surface area contributed by atoms with Crippen LogP contribution in [-0.4, -0.2) is 19.5 Å². The molecule has 0 atom stereocenters. The number of benzene rings is 10. The van der Waals surface area contributed by atoms with Gasteiger partial charge < -0.3 is 4.57 Å². The van der Waals surface area contributed by atoms with Gasteiger partial charge in [0.05, 0.1) is 11.0 Å². The third-order valence-electron chi connectivity index (χ3n) is 12.0. The Hall–Kier alpha value is -8.21. The summed E-state index contributed by atoms with van der Waals surface area (Å²) in [6.07, 6.45) is 0. The first-order valence-electron chi connectivity index (χ1n) is 20.7. The van der Waals surface area contributed by atoms with Crippen LogP contribution < -0.4 is 0 Å². The van der Waals surface area contributed by atoms with Crippen molar-refractivity contribution in [3.63, 3.8) is 0 Å². The highest BCUT2D eigenvalue weighted by Crippen LogP contribution is 2.43. The van der Waals surface area contributed by atoms with Crippen LogP contribution in [0.15, 0.2) is 218 Å². The second kappa shape index (κ2) is 14.3. The lowest BCUT2D eigenvalue weighted by atomic mass is 9.88. The van der Waals surface area contributed by atoms with E-state index < -0.39 is 0 Å².